The van der Waals surface area contributed by atoms with E-state index in [0.29, 0.717) is 22.3 Å². The average Bonchev–Trinajstić information content (AvgIpc) is 3.36. The number of fused-ring (bicyclic) bond motifs is 1. The molecule has 0 aliphatic heterocycles. The van der Waals surface area contributed by atoms with Crippen LogP contribution >= 0.6 is 11.3 Å². The highest BCUT2D eigenvalue weighted by Gasteiger charge is 2.15. The number of amides is 1. The molecule has 0 atom stereocenters. The lowest BCUT2D eigenvalue weighted by Crippen LogP contribution is -2.24. The molecule has 0 spiro atoms. The number of carbonyl (C=O) groups excluding carboxylic acids is 1. The number of aromatic amines is 1. The lowest BCUT2D eigenvalue weighted by molar-refractivity contribution is 0.0953. The van der Waals surface area contributed by atoms with Gasteiger partial charge in [-0.05, 0) is 29.7 Å². The molecule has 0 aliphatic rings. The fraction of sp³-hybridized carbons (Fsp3) is 0.367. The van der Waals surface area contributed by atoms with E-state index in [0.717, 1.165) is 25.2 Å². The zero-order valence-electron chi connectivity index (χ0n) is 21.5. The monoisotopic (exact) mass is 516 g/mol. The molecule has 0 saturated heterocycles. The quantitative estimate of drug-likeness (QED) is 0.193. The Bertz CT molecular complexity index is 1310. The molecule has 0 aliphatic carbocycles. The third-order valence-electron chi connectivity index (χ3n) is 6.58. The van der Waals surface area contributed by atoms with Gasteiger partial charge in [0, 0.05) is 25.0 Å². The fourth-order valence-corrected chi connectivity index (χ4v) is 5.41. The van der Waals surface area contributed by atoms with Gasteiger partial charge in [0.05, 0.1) is 17.3 Å². The molecule has 7 heteroatoms. The molecule has 1 amide bonds. The van der Waals surface area contributed by atoms with E-state index >= 15 is 0 Å². The van der Waals surface area contributed by atoms with Crippen molar-refractivity contribution in [2.75, 3.05) is 6.54 Å². The molecule has 2 N–H and O–H groups in total. The van der Waals surface area contributed by atoms with E-state index in [9.17, 15) is 9.59 Å². The number of aromatic nitrogens is 2. The van der Waals surface area contributed by atoms with E-state index in [1.54, 1.807) is 5.38 Å². The summed E-state index contributed by atoms with van der Waals surface area (Å²) in [6, 6.07) is 19.1. The van der Waals surface area contributed by atoms with Crippen molar-refractivity contribution in [2.24, 2.45) is 0 Å². The van der Waals surface area contributed by atoms with Crippen molar-refractivity contribution < 1.29 is 4.79 Å². The Hall–Kier alpha value is -3.29. The summed E-state index contributed by atoms with van der Waals surface area (Å²) in [4.78, 5) is 34.6. The summed E-state index contributed by atoms with van der Waals surface area (Å²) in [5.74, 6) is -0.262. The minimum atomic E-state index is -0.290. The topological polar surface area (TPSA) is 78.1 Å². The summed E-state index contributed by atoms with van der Waals surface area (Å²) >= 11 is 1.30. The second-order valence-electron chi connectivity index (χ2n) is 9.52. The molecular formula is C30H36N4O2S. The number of nitrogens with zero attached hydrogens (tertiary/aromatic N) is 2. The van der Waals surface area contributed by atoms with E-state index in [2.05, 4.69) is 81.7 Å². The number of hydrogen-bond acceptors (Lipinski definition) is 5. The number of hydrogen-bond donors (Lipinski definition) is 2. The predicted octanol–water partition coefficient (Wildman–Crippen LogP) is 6.28. The van der Waals surface area contributed by atoms with Crippen LogP contribution in [0.5, 0.6) is 0 Å². The predicted molar refractivity (Wildman–Crippen MR) is 152 cm³/mol. The smallest absolute Gasteiger partial charge is 0.260 e. The molecule has 0 radical (unpaired) electrons. The van der Waals surface area contributed by atoms with Crippen LogP contribution in [0.1, 0.15) is 72.5 Å². The molecule has 4 rings (SSSR count). The minimum absolute atomic E-state index is 0.262. The van der Waals surface area contributed by atoms with Gasteiger partial charge < -0.3 is 10.3 Å². The maximum atomic E-state index is 12.7. The number of carbonyl (C=O) groups is 1. The number of H-pyrrole nitrogens is 1. The zero-order chi connectivity index (χ0) is 25.9. The Morgan fingerprint density at radius 3 is 2.35 bits per heavy atom. The third-order valence-corrected chi connectivity index (χ3v) is 7.47. The van der Waals surface area contributed by atoms with Crippen LogP contribution in [0.15, 0.2) is 71.1 Å². The summed E-state index contributed by atoms with van der Waals surface area (Å²) in [5, 5.41) is 4.98. The van der Waals surface area contributed by atoms with E-state index in [1.807, 2.05) is 0 Å². The van der Waals surface area contributed by atoms with Crippen molar-refractivity contribution >= 4 is 27.5 Å². The highest BCUT2D eigenvalue weighted by atomic mass is 32.1. The van der Waals surface area contributed by atoms with Crippen molar-refractivity contribution in [3.63, 3.8) is 0 Å². The van der Waals surface area contributed by atoms with Crippen molar-refractivity contribution in [1.29, 1.82) is 0 Å². The lowest BCUT2D eigenvalue weighted by atomic mass is 10.1. The molecule has 4 aromatic rings. The molecule has 0 unspecified atom stereocenters. The Balaban J connectivity index is 1.32. The first-order valence-electron chi connectivity index (χ1n) is 13.2. The number of rotatable bonds is 14. The van der Waals surface area contributed by atoms with Gasteiger partial charge in [-0.2, -0.15) is 0 Å². The van der Waals surface area contributed by atoms with E-state index < -0.39 is 0 Å². The van der Waals surface area contributed by atoms with Crippen molar-refractivity contribution in [2.45, 2.75) is 65.1 Å². The Kier molecular flexibility index (Phi) is 10.0. The summed E-state index contributed by atoms with van der Waals surface area (Å²) in [5.41, 5.74) is 3.70. The van der Waals surface area contributed by atoms with Gasteiger partial charge in [0.25, 0.3) is 11.5 Å². The van der Waals surface area contributed by atoms with Gasteiger partial charge >= 0.3 is 0 Å². The summed E-state index contributed by atoms with van der Waals surface area (Å²) < 4.78 is 0. The number of thiophene rings is 1. The molecule has 194 valence electrons. The van der Waals surface area contributed by atoms with Gasteiger partial charge in [0.2, 0.25) is 0 Å². The van der Waals surface area contributed by atoms with E-state index in [4.69, 9.17) is 0 Å². The average molecular weight is 517 g/mol. The van der Waals surface area contributed by atoms with Gasteiger partial charge in [-0.25, -0.2) is 4.98 Å². The van der Waals surface area contributed by atoms with Crippen LogP contribution in [0.3, 0.4) is 0 Å². The molecule has 0 saturated carbocycles. The van der Waals surface area contributed by atoms with Crippen molar-refractivity contribution in [1.82, 2.24) is 20.2 Å². The van der Waals surface area contributed by atoms with Crippen molar-refractivity contribution in [3.05, 3.63) is 98.9 Å². The van der Waals surface area contributed by atoms with Crippen molar-refractivity contribution in [3.8, 4) is 0 Å². The summed E-state index contributed by atoms with van der Waals surface area (Å²) in [7, 11) is 0. The van der Waals surface area contributed by atoms with Crippen LogP contribution in [0, 0.1) is 0 Å². The molecule has 2 heterocycles. The lowest BCUT2D eigenvalue weighted by Gasteiger charge is -2.23. The highest BCUT2D eigenvalue weighted by molar-refractivity contribution is 7.17. The largest absolute Gasteiger partial charge is 0.348 e. The van der Waals surface area contributed by atoms with E-state index in [1.165, 1.54) is 67.3 Å². The second-order valence-corrected chi connectivity index (χ2v) is 10.4. The number of benzene rings is 2. The highest BCUT2D eigenvalue weighted by Crippen LogP contribution is 2.20. The SMILES string of the molecule is CCCCCCCCN(Cc1ccccc1)Cc1ccc(CNC(=O)c2csc3nc[nH]c(=O)c23)cc1. The maximum Gasteiger partial charge on any atom is 0.260 e. The minimum Gasteiger partial charge on any atom is -0.348 e. The Morgan fingerprint density at radius 1 is 0.919 bits per heavy atom. The first kappa shape index (κ1) is 26.8. The zero-order valence-corrected chi connectivity index (χ0v) is 22.4. The molecule has 37 heavy (non-hydrogen) atoms. The van der Waals surface area contributed by atoms with Crippen LogP contribution in [0.25, 0.3) is 10.2 Å². The van der Waals surface area contributed by atoms with Gasteiger partial charge in [0.15, 0.2) is 0 Å². The Morgan fingerprint density at radius 2 is 1.59 bits per heavy atom. The maximum absolute atomic E-state index is 12.7. The molecule has 2 aromatic heterocycles. The summed E-state index contributed by atoms with van der Waals surface area (Å²) in [6.45, 7) is 5.58. The third kappa shape index (κ3) is 7.84. The van der Waals surface area contributed by atoms with Crippen LogP contribution in [0.4, 0.5) is 0 Å². The van der Waals surface area contributed by atoms with E-state index in [-0.39, 0.29) is 11.5 Å². The van der Waals surface area contributed by atoms with Crippen LogP contribution in [0.2, 0.25) is 0 Å². The van der Waals surface area contributed by atoms with Crippen LogP contribution in [-0.2, 0) is 19.6 Å². The van der Waals surface area contributed by atoms with Gasteiger partial charge in [0.1, 0.15) is 4.83 Å². The molecular weight excluding hydrogens is 480 g/mol. The van der Waals surface area contributed by atoms with Crippen LogP contribution < -0.4 is 10.9 Å². The van der Waals surface area contributed by atoms with Gasteiger partial charge in [-0.1, -0.05) is 93.6 Å². The number of nitrogens with one attached hydrogen (secondary N) is 2. The fourth-order valence-electron chi connectivity index (χ4n) is 4.52. The Labute approximate surface area is 222 Å². The van der Waals surface area contributed by atoms with Crippen LogP contribution in [-0.4, -0.2) is 27.3 Å². The molecule has 0 fully saturated rings. The molecule has 6 nitrogen and oxygen atoms in total. The molecule has 0 bridgehead atoms. The first-order valence-corrected chi connectivity index (χ1v) is 14.1. The number of unbranched alkanes of at least 4 members (excludes halogenated alkanes) is 5. The molecule has 2 aromatic carbocycles. The second kappa shape index (κ2) is 13.9. The van der Waals surface area contributed by atoms with Gasteiger partial charge in [-0.15, -0.1) is 11.3 Å². The standard InChI is InChI=1S/C30H36N4O2S/c1-2-3-4-5-6-10-17-34(19-24-11-8-7-9-12-24)20-25-15-13-23(14-16-25)18-31-28(35)26-21-37-30-27(26)29(36)32-22-33-30/h7-9,11-16,21-22H,2-6,10,17-20H2,1H3,(H,31,35)(H,32,33,36). The first-order chi connectivity index (χ1) is 18.1. The van der Waals surface area contributed by atoms with Gasteiger partial charge in [-0.3, -0.25) is 14.5 Å². The normalized spacial score (nSPS) is 11.3. The summed E-state index contributed by atoms with van der Waals surface area (Å²) in [6.07, 6.45) is 9.13.